The molecule has 0 bridgehead atoms. The summed E-state index contributed by atoms with van der Waals surface area (Å²) in [6, 6.07) is 7.62. The zero-order chi connectivity index (χ0) is 19.2. The summed E-state index contributed by atoms with van der Waals surface area (Å²) in [5, 5.41) is 14.6. The van der Waals surface area contributed by atoms with Crippen molar-refractivity contribution in [3.63, 3.8) is 0 Å². The van der Waals surface area contributed by atoms with Gasteiger partial charge in [-0.05, 0) is 44.5 Å². The molecule has 1 heterocycles. The van der Waals surface area contributed by atoms with E-state index < -0.39 is 11.5 Å². The summed E-state index contributed by atoms with van der Waals surface area (Å²) in [5.74, 6) is -0.566. The zero-order valence-electron chi connectivity index (χ0n) is 15.2. The monoisotopic (exact) mass is 376 g/mol. The van der Waals surface area contributed by atoms with E-state index in [-0.39, 0.29) is 12.3 Å². The molecular weight excluding hydrogens is 352 g/mol. The number of carboxylic acids is 1. The highest BCUT2D eigenvalue weighted by Gasteiger charge is 2.33. The van der Waals surface area contributed by atoms with Gasteiger partial charge in [-0.2, -0.15) is 0 Å². The molecule has 1 amide bonds. The number of hydrogen-bond acceptors (Lipinski definition) is 5. The minimum absolute atomic E-state index is 0.0557. The fraction of sp³-hybridized carbons (Fsp3) is 0.421. The molecule has 0 aliphatic heterocycles. The van der Waals surface area contributed by atoms with E-state index in [2.05, 4.69) is 10.3 Å². The Morgan fingerprint density at radius 2 is 1.96 bits per heavy atom. The maximum absolute atomic E-state index is 12.2. The van der Waals surface area contributed by atoms with Crippen molar-refractivity contribution in [3.8, 4) is 16.3 Å². The van der Waals surface area contributed by atoms with Gasteiger partial charge in [-0.25, -0.2) is 9.78 Å². The van der Waals surface area contributed by atoms with Crippen LogP contribution in [0, 0.1) is 0 Å². The predicted molar refractivity (Wildman–Crippen MR) is 102 cm³/mol. The average Bonchev–Trinajstić information content (AvgIpc) is 3.04. The van der Waals surface area contributed by atoms with Gasteiger partial charge in [0.05, 0.1) is 18.7 Å². The van der Waals surface area contributed by atoms with E-state index >= 15 is 0 Å². The van der Waals surface area contributed by atoms with Crippen LogP contribution in [0.25, 0.3) is 10.6 Å². The van der Waals surface area contributed by atoms with Gasteiger partial charge in [0.25, 0.3) is 0 Å². The molecule has 0 radical (unpaired) electrons. The Hall–Kier alpha value is -2.41. The van der Waals surface area contributed by atoms with E-state index in [0.29, 0.717) is 25.1 Å². The first-order valence-corrected chi connectivity index (χ1v) is 9.48. The molecule has 1 unspecified atom stereocenters. The molecule has 6 nitrogen and oxygen atoms in total. The number of thiazole rings is 1. The molecule has 1 atom stereocenters. The van der Waals surface area contributed by atoms with Crippen LogP contribution in [0.4, 0.5) is 0 Å². The van der Waals surface area contributed by atoms with Crippen molar-refractivity contribution >= 4 is 23.2 Å². The number of aromatic nitrogens is 1. The van der Waals surface area contributed by atoms with Gasteiger partial charge in [0.15, 0.2) is 0 Å². The van der Waals surface area contributed by atoms with E-state index in [1.54, 1.807) is 0 Å². The lowest BCUT2D eigenvalue weighted by molar-refractivity contribution is -0.147. The first kappa shape index (κ1) is 19.9. The van der Waals surface area contributed by atoms with Crippen LogP contribution in [0.3, 0.4) is 0 Å². The second-order valence-corrected chi connectivity index (χ2v) is 7.07. The SMILES string of the molecule is CCCC(C)(NC(=O)Cc1csc(-c2ccc(OCC)cc2)n1)C(=O)O. The van der Waals surface area contributed by atoms with Crippen LogP contribution in [0.1, 0.15) is 39.3 Å². The maximum Gasteiger partial charge on any atom is 0.329 e. The molecule has 0 fully saturated rings. The second-order valence-electron chi connectivity index (χ2n) is 6.21. The summed E-state index contributed by atoms with van der Waals surface area (Å²) in [6.07, 6.45) is 1.10. The minimum atomic E-state index is -1.25. The number of amides is 1. The summed E-state index contributed by atoms with van der Waals surface area (Å²) < 4.78 is 5.42. The number of ether oxygens (including phenoxy) is 1. The van der Waals surface area contributed by atoms with Crippen molar-refractivity contribution in [2.24, 2.45) is 0 Å². The lowest BCUT2D eigenvalue weighted by atomic mass is 9.96. The Bertz CT molecular complexity index is 757. The summed E-state index contributed by atoms with van der Waals surface area (Å²) in [4.78, 5) is 28.2. The van der Waals surface area contributed by atoms with Gasteiger partial charge in [-0.3, -0.25) is 4.79 Å². The van der Waals surface area contributed by atoms with Crippen molar-refractivity contribution < 1.29 is 19.4 Å². The number of aliphatic carboxylic acids is 1. The number of nitrogens with one attached hydrogen (secondary N) is 1. The molecule has 2 aromatic rings. The number of carbonyl (C=O) groups excluding carboxylic acids is 1. The van der Waals surface area contributed by atoms with Crippen molar-refractivity contribution in [2.75, 3.05) is 6.61 Å². The Balaban J connectivity index is 2.03. The lowest BCUT2D eigenvalue weighted by Gasteiger charge is -2.25. The second kappa shape index (κ2) is 8.80. The fourth-order valence-corrected chi connectivity index (χ4v) is 3.45. The van der Waals surface area contributed by atoms with Crippen LogP contribution in [0.2, 0.25) is 0 Å². The molecule has 140 valence electrons. The summed E-state index contributed by atoms with van der Waals surface area (Å²) >= 11 is 1.45. The topological polar surface area (TPSA) is 88.5 Å². The number of benzene rings is 1. The molecule has 2 rings (SSSR count). The minimum Gasteiger partial charge on any atom is -0.494 e. The molecule has 0 aliphatic carbocycles. The Labute approximate surface area is 157 Å². The first-order chi connectivity index (χ1) is 12.4. The predicted octanol–water partition coefficient (Wildman–Crippen LogP) is 3.51. The van der Waals surface area contributed by atoms with Gasteiger partial charge in [-0.1, -0.05) is 13.3 Å². The Morgan fingerprint density at radius 3 is 2.54 bits per heavy atom. The number of hydrogen-bond donors (Lipinski definition) is 2. The van der Waals surface area contributed by atoms with Gasteiger partial charge in [0.2, 0.25) is 5.91 Å². The zero-order valence-corrected chi connectivity index (χ0v) is 16.1. The standard InChI is InChI=1S/C19H24N2O4S/c1-4-10-19(3,18(23)24)21-16(22)11-14-12-26-17(20-14)13-6-8-15(9-7-13)25-5-2/h6-9,12H,4-5,10-11H2,1-3H3,(H,21,22)(H,23,24). The smallest absolute Gasteiger partial charge is 0.329 e. The number of nitrogens with zero attached hydrogens (tertiary/aromatic N) is 1. The number of rotatable bonds is 9. The number of carbonyl (C=O) groups is 2. The van der Waals surface area contributed by atoms with E-state index in [9.17, 15) is 14.7 Å². The molecular formula is C19H24N2O4S. The van der Waals surface area contributed by atoms with Gasteiger partial charge in [0, 0.05) is 10.9 Å². The van der Waals surface area contributed by atoms with Crippen LogP contribution in [0.5, 0.6) is 5.75 Å². The largest absolute Gasteiger partial charge is 0.494 e. The van der Waals surface area contributed by atoms with Crippen LogP contribution in [-0.2, 0) is 16.0 Å². The summed E-state index contributed by atoms with van der Waals surface area (Å²) in [5.41, 5.74) is 0.326. The van der Waals surface area contributed by atoms with Crippen LogP contribution >= 0.6 is 11.3 Å². The maximum atomic E-state index is 12.2. The molecule has 2 N–H and O–H groups in total. The Kier molecular flexibility index (Phi) is 6.74. The molecule has 26 heavy (non-hydrogen) atoms. The highest BCUT2D eigenvalue weighted by Crippen LogP contribution is 2.26. The van der Waals surface area contributed by atoms with Crippen molar-refractivity contribution in [2.45, 2.75) is 45.6 Å². The van der Waals surface area contributed by atoms with Gasteiger partial charge in [-0.15, -0.1) is 11.3 Å². The summed E-state index contributed by atoms with van der Waals surface area (Å²) in [7, 11) is 0. The van der Waals surface area contributed by atoms with E-state index in [0.717, 1.165) is 16.3 Å². The first-order valence-electron chi connectivity index (χ1n) is 8.60. The third-order valence-electron chi connectivity index (χ3n) is 3.94. The van der Waals surface area contributed by atoms with Crippen molar-refractivity contribution in [3.05, 3.63) is 35.3 Å². The molecule has 0 saturated carbocycles. The fourth-order valence-electron chi connectivity index (χ4n) is 2.62. The molecule has 1 aromatic carbocycles. The highest BCUT2D eigenvalue weighted by atomic mass is 32.1. The molecule has 0 aliphatic rings. The van der Waals surface area contributed by atoms with E-state index in [1.165, 1.54) is 18.3 Å². The van der Waals surface area contributed by atoms with Gasteiger partial charge >= 0.3 is 5.97 Å². The van der Waals surface area contributed by atoms with Gasteiger partial charge < -0.3 is 15.2 Å². The van der Waals surface area contributed by atoms with E-state index in [1.807, 2.05) is 43.5 Å². The average molecular weight is 376 g/mol. The molecule has 0 spiro atoms. The van der Waals surface area contributed by atoms with Crippen LogP contribution in [0.15, 0.2) is 29.6 Å². The van der Waals surface area contributed by atoms with Crippen LogP contribution < -0.4 is 10.1 Å². The highest BCUT2D eigenvalue weighted by molar-refractivity contribution is 7.13. The third kappa shape index (κ3) is 5.05. The Morgan fingerprint density at radius 1 is 1.27 bits per heavy atom. The summed E-state index contributed by atoms with van der Waals surface area (Å²) in [6.45, 7) is 5.96. The van der Waals surface area contributed by atoms with Crippen LogP contribution in [-0.4, -0.2) is 34.1 Å². The van der Waals surface area contributed by atoms with Crippen molar-refractivity contribution in [1.82, 2.24) is 10.3 Å². The lowest BCUT2D eigenvalue weighted by Crippen LogP contribution is -2.52. The molecule has 0 saturated heterocycles. The number of carboxylic acid groups (broad SMARTS) is 1. The van der Waals surface area contributed by atoms with Crippen molar-refractivity contribution in [1.29, 1.82) is 0 Å². The molecule has 1 aromatic heterocycles. The van der Waals surface area contributed by atoms with E-state index in [4.69, 9.17) is 4.74 Å². The quantitative estimate of drug-likeness (QED) is 0.699. The van der Waals surface area contributed by atoms with Gasteiger partial charge in [0.1, 0.15) is 16.3 Å². The normalized spacial score (nSPS) is 13.0. The third-order valence-corrected chi connectivity index (χ3v) is 4.88. The molecule has 7 heteroatoms.